The summed E-state index contributed by atoms with van der Waals surface area (Å²) in [5.41, 5.74) is 0.749. The summed E-state index contributed by atoms with van der Waals surface area (Å²) >= 11 is 0. The number of nitrogens with zero attached hydrogens (tertiary/aromatic N) is 6. The zero-order valence-electron chi connectivity index (χ0n) is 13.8. The highest BCUT2D eigenvalue weighted by molar-refractivity contribution is 5.92. The van der Waals surface area contributed by atoms with Crippen LogP contribution in [0.1, 0.15) is 33.7 Å². The number of carbonyl (C=O) groups excluding carboxylic acids is 1. The van der Waals surface area contributed by atoms with E-state index < -0.39 is 23.9 Å². The molecule has 0 saturated carbocycles. The van der Waals surface area contributed by atoms with Gasteiger partial charge in [0.05, 0.1) is 6.20 Å². The van der Waals surface area contributed by atoms with Gasteiger partial charge in [-0.2, -0.15) is 13.2 Å². The lowest BCUT2D eigenvalue weighted by Crippen LogP contribution is -2.43. The van der Waals surface area contributed by atoms with Gasteiger partial charge >= 0.3 is 6.18 Å². The molecule has 1 atom stereocenters. The first kappa shape index (κ1) is 17.1. The van der Waals surface area contributed by atoms with E-state index in [9.17, 15) is 18.0 Å². The molecule has 3 heterocycles. The van der Waals surface area contributed by atoms with Crippen molar-refractivity contribution >= 4 is 5.91 Å². The van der Waals surface area contributed by atoms with Crippen LogP contribution in [0.2, 0.25) is 0 Å². The van der Waals surface area contributed by atoms with Crippen molar-refractivity contribution in [3.05, 3.63) is 71.8 Å². The molecular formula is C17H13F3N6O. The van der Waals surface area contributed by atoms with Crippen molar-refractivity contribution < 1.29 is 18.0 Å². The van der Waals surface area contributed by atoms with Crippen molar-refractivity contribution in [1.29, 1.82) is 0 Å². The zero-order chi connectivity index (χ0) is 19.0. The number of rotatable bonds is 2. The van der Waals surface area contributed by atoms with E-state index in [1.165, 1.54) is 23.5 Å². The van der Waals surface area contributed by atoms with E-state index in [-0.39, 0.29) is 24.6 Å². The molecule has 0 bridgehead atoms. The third kappa shape index (κ3) is 3.03. The molecule has 27 heavy (non-hydrogen) atoms. The number of aromatic nitrogens is 5. The average molecular weight is 374 g/mol. The van der Waals surface area contributed by atoms with Crippen LogP contribution in [-0.4, -0.2) is 42.1 Å². The van der Waals surface area contributed by atoms with Gasteiger partial charge < -0.3 is 9.47 Å². The van der Waals surface area contributed by atoms with E-state index in [1.54, 1.807) is 30.3 Å². The summed E-state index contributed by atoms with van der Waals surface area (Å²) < 4.78 is 40.7. The van der Waals surface area contributed by atoms with Crippen molar-refractivity contribution in [2.24, 2.45) is 0 Å². The molecule has 0 radical (unpaired) electrons. The van der Waals surface area contributed by atoms with Crippen LogP contribution >= 0.6 is 0 Å². The fourth-order valence-electron chi connectivity index (χ4n) is 3.16. The van der Waals surface area contributed by atoms with Crippen molar-refractivity contribution in [3.63, 3.8) is 0 Å². The quantitative estimate of drug-likeness (QED) is 0.688. The van der Waals surface area contributed by atoms with Crippen molar-refractivity contribution in [1.82, 2.24) is 29.6 Å². The fraction of sp³-hybridized carbons (Fsp3) is 0.235. The third-order valence-electron chi connectivity index (χ3n) is 4.31. The molecule has 0 spiro atoms. The molecule has 1 aliphatic rings. The topological polar surface area (TPSA) is 76.8 Å². The number of halogens is 3. The number of benzene rings is 1. The van der Waals surface area contributed by atoms with Crippen LogP contribution in [-0.2, 0) is 12.7 Å². The molecular weight excluding hydrogens is 361 g/mol. The molecule has 7 nitrogen and oxygen atoms in total. The second-order valence-electron chi connectivity index (χ2n) is 5.93. The molecule has 1 unspecified atom stereocenters. The summed E-state index contributed by atoms with van der Waals surface area (Å²) in [6, 6.07) is 7.95. The molecule has 0 N–H and O–H groups in total. The summed E-state index contributed by atoms with van der Waals surface area (Å²) in [4.78, 5) is 22.3. The summed E-state index contributed by atoms with van der Waals surface area (Å²) in [5, 5.41) is 7.10. The second kappa shape index (κ2) is 6.45. The number of hydrogen-bond acceptors (Lipinski definition) is 5. The molecule has 4 rings (SSSR count). The number of amides is 1. The zero-order valence-corrected chi connectivity index (χ0v) is 13.8. The fourth-order valence-corrected chi connectivity index (χ4v) is 3.16. The highest BCUT2D eigenvalue weighted by atomic mass is 19.4. The first-order valence-electron chi connectivity index (χ1n) is 8.09. The smallest absolute Gasteiger partial charge is 0.321 e. The van der Waals surface area contributed by atoms with E-state index in [1.807, 2.05) is 0 Å². The van der Waals surface area contributed by atoms with Gasteiger partial charge in [0.1, 0.15) is 11.7 Å². The minimum atomic E-state index is -4.62. The SMILES string of the molecule is O=C(c1cnccn1)N1CCn2c(nnc2C(F)(F)F)C1c1ccccc1. The van der Waals surface area contributed by atoms with Gasteiger partial charge in [0.25, 0.3) is 5.91 Å². The van der Waals surface area contributed by atoms with E-state index in [0.29, 0.717) is 5.56 Å². The molecule has 1 amide bonds. The Kier molecular flexibility index (Phi) is 4.09. The highest BCUT2D eigenvalue weighted by Gasteiger charge is 2.43. The Morgan fingerprint density at radius 2 is 1.85 bits per heavy atom. The number of carbonyl (C=O) groups is 1. The minimum absolute atomic E-state index is 0.0586. The Morgan fingerprint density at radius 3 is 2.52 bits per heavy atom. The molecule has 0 saturated heterocycles. The third-order valence-corrected chi connectivity index (χ3v) is 4.31. The van der Waals surface area contributed by atoms with Crippen LogP contribution in [0.25, 0.3) is 0 Å². The van der Waals surface area contributed by atoms with E-state index >= 15 is 0 Å². The monoisotopic (exact) mass is 374 g/mol. The number of hydrogen-bond donors (Lipinski definition) is 0. The Balaban J connectivity index is 1.82. The molecule has 3 aromatic rings. The largest absolute Gasteiger partial charge is 0.451 e. The van der Waals surface area contributed by atoms with Crippen LogP contribution in [0.4, 0.5) is 13.2 Å². The average Bonchev–Trinajstić information content (AvgIpc) is 3.12. The lowest BCUT2D eigenvalue weighted by molar-refractivity contribution is -0.148. The minimum Gasteiger partial charge on any atom is -0.321 e. The predicted molar refractivity (Wildman–Crippen MR) is 86.4 cm³/mol. The Bertz CT molecular complexity index is 958. The second-order valence-corrected chi connectivity index (χ2v) is 5.93. The summed E-state index contributed by atoms with van der Waals surface area (Å²) in [6.45, 7) is -0.00436. The van der Waals surface area contributed by atoms with Gasteiger partial charge in [0, 0.05) is 25.5 Å². The van der Waals surface area contributed by atoms with Crippen LogP contribution in [0.3, 0.4) is 0 Å². The van der Waals surface area contributed by atoms with Gasteiger partial charge in [0.2, 0.25) is 5.82 Å². The van der Waals surface area contributed by atoms with Gasteiger partial charge in [-0.3, -0.25) is 9.78 Å². The van der Waals surface area contributed by atoms with Crippen LogP contribution < -0.4 is 0 Å². The lowest BCUT2D eigenvalue weighted by atomic mass is 10.0. The number of fused-ring (bicyclic) bond motifs is 1. The van der Waals surface area contributed by atoms with Crippen molar-refractivity contribution in [3.8, 4) is 0 Å². The number of alkyl halides is 3. The standard InChI is InChI=1S/C17H13F3N6O/c18-17(19,20)16-24-23-14-13(11-4-2-1-3-5-11)25(8-9-26(14)16)15(27)12-10-21-6-7-22-12/h1-7,10,13H,8-9H2. The maximum atomic E-state index is 13.2. The Labute approximate surface area is 151 Å². The van der Waals surface area contributed by atoms with Crippen molar-refractivity contribution in [2.75, 3.05) is 6.54 Å². The molecule has 0 fully saturated rings. The summed E-state index contributed by atoms with van der Waals surface area (Å²) in [7, 11) is 0. The first-order valence-corrected chi connectivity index (χ1v) is 8.09. The molecule has 1 aliphatic heterocycles. The van der Waals surface area contributed by atoms with E-state index in [0.717, 1.165) is 4.57 Å². The maximum absolute atomic E-state index is 13.2. The highest BCUT2D eigenvalue weighted by Crippen LogP contribution is 2.36. The predicted octanol–water partition coefficient (Wildman–Crippen LogP) is 2.33. The van der Waals surface area contributed by atoms with E-state index in [4.69, 9.17) is 0 Å². The normalized spacial score (nSPS) is 16.9. The van der Waals surface area contributed by atoms with Gasteiger partial charge in [-0.25, -0.2) is 4.98 Å². The molecule has 138 valence electrons. The van der Waals surface area contributed by atoms with Crippen molar-refractivity contribution in [2.45, 2.75) is 18.8 Å². The Morgan fingerprint density at radius 1 is 1.07 bits per heavy atom. The molecule has 10 heteroatoms. The van der Waals surface area contributed by atoms with Crippen LogP contribution in [0, 0.1) is 0 Å². The van der Waals surface area contributed by atoms with E-state index in [2.05, 4.69) is 20.2 Å². The summed E-state index contributed by atoms with van der Waals surface area (Å²) in [5.74, 6) is -1.43. The van der Waals surface area contributed by atoms with Crippen LogP contribution in [0.15, 0.2) is 48.9 Å². The molecule has 0 aliphatic carbocycles. The van der Waals surface area contributed by atoms with Crippen LogP contribution in [0.5, 0.6) is 0 Å². The lowest BCUT2D eigenvalue weighted by Gasteiger charge is -2.36. The summed E-state index contributed by atoms with van der Waals surface area (Å²) in [6.07, 6.45) is -0.471. The molecule has 2 aromatic heterocycles. The van der Waals surface area contributed by atoms with Gasteiger partial charge in [-0.15, -0.1) is 10.2 Å². The maximum Gasteiger partial charge on any atom is 0.451 e. The first-order chi connectivity index (χ1) is 13.0. The van der Waals surface area contributed by atoms with Gasteiger partial charge in [-0.1, -0.05) is 30.3 Å². The molecule has 1 aromatic carbocycles. The Hall–Kier alpha value is -3.30. The van der Waals surface area contributed by atoms with Gasteiger partial charge in [0.15, 0.2) is 5.82 Å². The van der Waals surface area contributed by atoms with Gasteiger partial charge in [-0.05, 0) is 5.56 Å².